The summed E-state index contributed by atoms with van der Waals surface area (Å²) in [6.07, 6.45) is -0.502. The molecule has 0 fully saturated rings. The van der Waals surface area contributed by atoms with Crippen LogP contribution in [0.3, 0.4) is 0 Å². The van der Waals surface area contributed by atoms with Gasteiger partial charge in [0.15, 0.2) is 6.29 Å². The van der Waals surface area contributed by atoms with E-state index in [0.29, 0.717) is 13.2 Å². The summed E-state index contributed by atoms with van der Waals surface area (Å²) in [6.45, 7) is 4.54. The minimum Gasteiger partial charge on any atom is -0.460 e. The lowest BCUT2D eigenvalue weighted by Crippen LogP contribution is -2.25. The molecule has 0 heterocycles. The van der Waals surface area contributed by atoms with E-state index in [-0.39, 0.29) is 19.6 Å². The van der Waals surface area contributed by atoms with Crippen LogP contribution >= 0.6 is 0 Å². The van der Waals surface area contributed by atoms with E-state index in [1.54, 1.807) is 0 Å². The van der Waals surface area contributed by atoms with Crippen molar-refractivity contribution in [3.05, 3.63) is 0 Å². The molecule has 0 unspecified atom stereocenters. The topological polar surface area (TPSA) is 65.0 Å². The van der Waals surface area contributed by atoms with Crippen molar-refractivity contribution >= 4 is 5.97 Å². The summed E-state index contributed by atoms with van der Waals surface area (Å²) in [5.41, 5.74) is 0. The summed E-state index contributed by atoms with van der Waals surface area (Å²) in [4.78, 5) is 10.9. The van der Waals surface area contributed by atoms with E-state index in [0.717, 1.165) is 0 Å². The number of ether oxygens (including phenoxy) is 3. The second kappa shape index (κ2) is 8.93. The van der Waals surface area contributed by atoms with Gasteiger partial charge in [-0.1, -0.05) is 0 Å². The third-order valence-electron chi connectivity index (χ3n) is 1.40. The number of hydrogen-bond acceptors (Lipinski definition) is 5. The van der Waals surface area contributed by atoms with Gasteiger partial charge in [-0.15, -0.1) is 0 Å². The number of carbonyl (C=O) groups excluding carboxylic acids is 1. The maximum Gasteiger partial charge on any atom is 0.308 e. The zero-order valence-electron chi connectivity index (χ0n) is 8.69. The summed E-state index contributed by atoms with van der Waals surface area (Å²) in [6, 6.07) is 0. The van der Waals surface area contributed by atoms with Crippen LogP contribution in [0.1, 0.15) is 20.3 Å². The Hall–Kier alpha value is -0.650. The fourth-order valence-electron chi connectivity index (χ4n) is 0.841. The molecule has 5 heteroatoms. The maximum atomic E-state index is 10.9. The SMILES string of the molecule is CCOC(COC(=O)CCO)OCC. The van der Waals surface area contributed by atoms with Gasteiger partial charge in [0, 0.05) is 13.2 Å². The molecule has 0 spiro atoms. The molecule has 5 nitrogen and oxygen atoms in total. The Labute approximate surface area is 84.0 Å². The molecule has 0 bridgehead atoms. The van der Waals surface area contributed by atoms with E-state index >= 15 is 0 Å². The summed E-state index contributed by atoms with van der Waals surface area (Å²) in [5.74, 6) is -0.447. The zero-order chi connectivity index (χ0) is 10.8. The number of aliphatic hydroxyl groups excluding tert-OH is 1. The second-order valence-corrected chi connectivity index (χ2v) is 2.50. The smallest absolute Gasteiger partial charge is 0.308 e. The Morgan fingerprint density at radius 3 is 2.29 bits per heavy atom. The van der Waals surface area contributed by atoms with Gasteiger partial charge in [0.05, 0.1) is 13.0 Å². The van der Waals surface area contributed by atoms with E-state index < -0.39 is 12.3 Å². The number of rotatable bonds is 8. The normalized spacial score (nSPS) is 10.6. The van der Waals surface area contributed by atoms with Crippen LogP contribution in [-0.2, 0) is 19.0 Å². The third-order valence-corrected chi connectivity index (χ3v) is 1.40. The summed E-state index contributed by atoms with van der Waals surface area (Å²) in [5, 5.41) is 8.45. The molecule has 0 aliphatic rings. The average molecular weight is 206 g/mol. The van der Waals surface area contributed by atoms with Crippen LogP contribution in [0.15, 0.2) is 0 Å². The highest BCUT2D eigenvalue weighted by molar-refractivity contribution is 5.69. The van der Waals surface area contributed by atoms with Crippen LogP contribution in [0.5, 0.6) is 0 Å². The molecule has 0 saturated carbocycles. The van der Waals surface area contributed by atoms with E-state index in [1.165, 1.54) is 0 Å². The molecule has 0 aliphatic carbocycles. The van der Waals surface area contributed by atoms with Crippen LogP contribution in [-0.4, -0.2) is 43.8 Å². The fourth-order valence-corrected chi connectivity index (χ4v) is 0.841. The largest absolute Gasteiger partial charge is 0.460 e. The van der Waals surface area contributed by atoms with Crippen LogP contribution in [0.25, 0.3) is 0 Å². The van der Waals surface area contributed by atoms with Gasteiger partial charge >= 0.3 is 5.97 Å². The van der Waals surface area contributed by atoms with Gasteiger partial charge in [-0.3, -0.25) is 4.79 Å². The van der Waals surface area contributed by atoms with Crippen LogP contribution in [0.2, 0.25) is 0 Å². The van der Waals surface area contributed by atoms with Crippen molar-refractivity contribution in [1.29, 1.82) is 0 Å². The van der Waals surface area contributed by atoms with Gasteiger partial charge < -0.3 is 19.3 Å². The van der Waals surface area contributed by atoms with Crippen molar-refractivity contribution in [3.8, 4) is 0 Å². The molecule has 0 atom stereocenters. The first-order valence-corrected chi connectivity index (χ1v) is 4.74. The number of hydrogen-bond donors (Lipinski definition) is 1. The van der Waals surface area contributed by atoms with E-state index in [2.05, 4.69) is 0 Å². The molecule has 0 aromatic rings. The van der Waals surface area contributed by atoms with Crippen molar-refractivity contribution in [2.24, 2.45) is 0 Å². The summed E-state index contributed by atoms with van der Waals surface area (Å²) < 4.78 is 15.1. The van der Waals surface area contributed by atoms with Gasteiger partial charge in [0.1, 0.15) is 6.61 Å². The second-order valence-electron chi connectivity index (χ2n) is 2.50. The van der Waals surface area contributed by atoms with E-state index in [9.17, 15) is 4.79 Å². The predicted molar refractivity (Wildman–Crippen MR) is 49.7 cm³/mol. The number of aliphatic hydroxyl groups is 1. The molecule has 0 aliphatic heterocycles. The van der Waals surface area contributed by atoms with E-state index in [1.807, 2.05) is 13.8 Å². The van der Waals surface area contributed by atoms with Gasteiger partial charge in [-0.05, 0) is 13.8 Å². The maximum absolute atomic E-state index is 10.9. The lowest BCUT2D eigenvalue weighted by Gasteiger charge is -2.16. The Morgan fingerprint density at radius 2 is 1.86 bits per heavy atom. The fraction of sp³-hybridized carbons (Fsp3) is 0.889. The zero-order valence-corrected chi connectivity index (χ0v) is 8.69. The van der Waals surface area contributed by atoms with Gasteiger partial charge in [-0.2, -0.15) is 0 Å². The molecule has 0 rings (SSSR count). The Balaban J connectivity index is 3.63. The molecular weight excluding hydrogens is 188 g/mol. The molecular formula is C9H18O5. The first-order valence-electron chi connectivity index (χ1n) is 4.74. The van der Waals surface area contributed by atoms with E-state index in [4.69, 9.17) is 19.3 Å². The monoisotopic (exact) mass is 206 g/mol. The quantitative estimate of drug-likeness (QED) is 0.457. The van der Waals surface area contributed by atoms with Gasteiger partial charge in [0.2, 0.25) is 0 Å². The molecule has 0 amide bonds. The highest BCUT2D eigenvalue weighted by Crippen LogP contribution is 1.97. The summed E-state index contributed by atoms with van der Waals surface area (Å²) in [7, 11) is 0. The molecule has 14 heavy (non-hydrogen) atoms. The minimum atomic E-state index is -0.507. The third kappa shape index (κ3) is 6.82. The first-order chi connectivity index (χ1) is 6.74. The molecule has 1 N–H and O–H groups in total. The van der Waals surface area contributed by atoms with Crippen LogP contribution in [0, 0.1) is 0 Å². The molecule has 84 valence electrons. The van der Waals surface area contributed by atoms with Crippen molar-refractivity contribution in [2.45, 2.75) is 26.6 Å². The lowest BCUT2D eigenvalue weighted by molar-refractivity contribution is -0.180. The Kier molecular flexibility index (Phi) is 8.51. The van der Waals surface area contributed by atoms with Gasteiger partial charge in [-0.25, -0.2) is 0 Å². The molecule has 0 aromatic heterocycles. The van der Waals surface area contributed by atoms with Crippen molar-refractivity contribution in [1.82, 2.24) is 0 Å². The average Bonchev–Trinajstić information content (AvgIpc) is 2.15. The Morgan fingerprint density at radius 1 is 1.29 bits per heavy atom. The van der Waals surface area contributed by atoms with Crippen molar-refractivity contribution in [2.75, 3.05) is 26.4 Å². The molecule has 0 radical (unpaired) electrons. The number of esters is 1. The first kappa shape index (κ1) is 13.4. The van der Waals surface area contributed by atoms with Crippen molar-refractivity contribution in [3.63, 3.8) is 0 Å². The van der Waals surface area contributed by atoms with Crippen LogP contribution < -0.4 is 0 Å². The Bertz CT molecular complexity index is 142. The van der Waals surface area contributed by atoms with Crippen LogP contribution in [0.4, 0.5) is 0 Å². The highest BCUT2D eigenvalue weighted by Gasteiger charge is 2.10. The standard InChI is InChI=1S/C9H18O5/c1-3-12-9(13-4-2)7-14-8(11)5-6-10/h9-10H,3-7H2,1-2H3. The number of carbonyl (C=O) groups is 1. The predicted octanol–water partition coefficient (Wildman–Crippen LogP) is 0.311. The lowest BCUT2D eigenvalue weighted by atomic mass is 10.5. The highest BCUT2D eigenvalue weighted by atomic mass is 16.7. The molecule has 0 saturated heterocycles. The van der Waals surface area contributed by atoms with Crippen molar-refractivity contribution < 1.29 is 24.1 Å². The minimum absolute atomic E-state index is 0.00493. The molecule has 0 aromatic carbocycles. The van der Waals surface area contributed by atoms with Gasteiger partial charge in [0.25, 0.3) is 0 Å². The summed E-state index contributed by atoms with van der Waals surface area (Å²) >= 11 is 0.